The lowest BCUT2D eigenvalue weighted by Gasteiger charge is -2.14. The number of hydrogen-bond donors (Lipinski definition) is 1. The van der Waals surface area contributed by atoms with Crippen molar-refractivity contribution in [1.82, 2.24) is 9.55 Å². The number of rotatable bonds is 7. The lowest BCUT2D eigenvalue weighted by atomic mass is 10.2. The Morgan fingerprint density at radius 3 is 2.50 bits per heavy atom. The van der Waals surface area contributed by atoms with Gasteiger partial charge in [0.15, 0.2) is 0 Å². The largest absolute Gasteiger partial charge is 0.497 e. The molecular formula is C19H23N3O2. The topological polar surface area (TPSA) is 62.3 Å². The van der Waals surface area contributed by atoms with E-state index in [0.29, 0.717) is 13.2 Å². The van der Waals surface area contributed by atoms with Crippen molar-refractivity contribution in [2.45, 2.75) is 25.9 Å². The Kier molecular flexibility index (Phi) is 5.01. The van der Waals surface area contributed by atoms with Crippen molar-refractivity contribution in [2.75, 3.05) is 13.7 Å². The van der Waals surface area contributed by atoms with Crippen molar-refractivity contribution in [3.8, 4) is 11.5 Å². The summed E-state index contributed by atoms with van der Waals surface area (Å²) in [6.45, 7) is 3.33. The van der Waals surface area contributed by atoms with E-state index in [4.69, 9.17) is 20.2 Å². The number of nitrogens with zero attached hydrogens (tertiary/aromatic N) is 2. The first kappa shape index (κ1) is 16.3. The molecule has 0 aliphatic rings. The second-order valence-corrected chi connectivity index (χ2v) is 5.65. The Morgan fingerprint density at radius 1 is 1.08 bits per heavy atom. The third-order valence-corrected chi connectivity index (χ3v) is 4.10. The zero-order chi connectivity index (χ0) is 16.9. The molecule has 2 N–H and O–H groups in total. The molecule has 0 bridgehead atoms. The van der Waals surface area contributed by atoms with Crippen LogP contribution in [-0.4, -0.2) is 23.3 Å². The van der Waals surface area contributed by atoms with Gasteiger partial charge in [0.25, 0.3) is 0 Å². The van der Waals surface area contributed by atoms with Gasteiger partial charge in [-0.15, -0.1) is 0 Å². The fraction of sp³-hybridized carbons (Fsp3) is 0.316. The van der Waals surface area contributed by atoms with Crippen molar-refractivity contribution >= 4 is 11.0 Å². The SMILES string of the molecule is CCC(N)c1nc2ccccc2n1CCOc1ccc(OC)cc1. The minimum absolute atomic E-state index is 0.0709. The molecule has 24 heavy (non-hydrogen) atoms. The van der Waals surface area contributed by atoms with Crippen LogP contribution in [-0.2, 0) is 6.54 Å². The number of imidazole rings is 1. The Hall–Kier alpha value is -2.53. The average Bonchev–Trinajstić information content (AvgIpc) is 3.00. The summed E-state index contributed by atoms with van der Waals surface area (Å²) in [5.41, 5.74) is 8.30. The molecule has 0 saturated carbocycles. The molecule has 0 radical (unpaired) electrons. The molecule has 126 valence electrons. The highest BCUT2D eigenvalue weighted by atomic mass is 16.5. The Bertz CT molecular complexity index is 796. The molecule has 1 atom stereocenters. The molecule has 0 spiro atoms. The molecule has 2 aromatic carbocycles. The molecule has 0 aliphatic heterocycles. The van der Waals surface area contributed by atoms with Crippen molar-refractivity contribution in [1.29, 1.82) is 0 Å². The lowest BCUT2D eigenvalue weighted by molar-refractivity contribution is 0.296. The number of para-hydroxylation sites is 2. The second kappa shape index (κ2) is 7.36. The van der Waals surface area contributed by atoms with Crippen LogP contribution >= 0.6 is 0 Å². The van der Waals surface area contributed by atoms with Crippen molar-refractivity contribution in [3.63, 3.8) is 0 Å². The molecule has 1 unspecified atom stereocenters. The summed E-state index contributed by atoms with van der Waals surface area (Å²) in [5.74, 6) is 2.55. The Labute approximate surface area is 142 Å². The van der Waals surface area contributed by atoms with Gasteiger partial charge < -0.3 is 19.8 Å². The molecule has 3 aromatic rings. The minimum atomic E-state index is -0.0709. The van der Waals surface area contributed by atoms with Crippen LogP contribution in [0.25, 0.3) is 11.0 Å². The van der Waals surface area contributed by atoms with E-state index in [-0.39, 0.29) is 6.04 Å². The van der Waals surface area contributed by atoms with Crippen LogP contribution in [0, 0.1) is 0 Å². The third-order valence-electron chi connectivity index (χ3n) is 4.10. The second-order valence-electron chi connectivity index (χ2n) is 5.65. The number of aromatic nitrogens is 2. The number of fused-ring (bicyclic) bond motifs is 1. The Balaban J connectivity index is 1.76. The van der Waals surface area contributed by atoms with Crippen LogP contribution in [0.1, 0.15) is 25.2 Å². The van der Waals surface area contributed by atoms with Gasteiger partial charge in [-0.25, -0.2) is 4.98 Å². The maximum absolute atomic E-state index is 6.24. The summed E-state index contributed by atoms with van der Waals surface area (Å²) >= 11 is 0. The van der Waals surface area contributed by atoms with Gasteiger partial charge in [0.1, 0.15) is 23.9 Å². The van der Waals surface area contributed by atoms with Crippen molar-refractivity contribution in [3.05, 3.63) is 54.4 Å². The van der Waals surface area contributed by atoms with E-state index in [2.05, 4.69) is 17.6 Å². The van der Waals surface area contributed by atoms with Crippen molar-refractivity contribution in [2.24, 2.45) is 5.73 Å². The molecule has 0 fully saturated rings. The number of benzene rings is 2. The molecule has 5 nitrogen and oxygen atoms in total. The lowest BCUT2D eigenvalue weighted by Crippen LogP contribution is -2.18. The van der Waals surface area contributed by atoms with Gasteiger partial charge in [0.2, 0.25) is 0 Å². The van der Waals surface area contributed by atoms with Crippen LogP contribution in [0.5, 0.6) is 11.5 Å². The van der Waals surface area contributed by atoms with Gasteiger partial charge in [-0.3, -0.25) is 0 Å². The fourth-order valence-electron chi connectivity index (χ4n) is 2.72. The van der Waals surface area contributed by atoms with Gasteiger partial charge >= 0.3 is 0 Å². The standard InChI is InChI=1S/C19H23N3O2/c1-3-16(20)19-21-17-6-4-5-7-18(17)22(19)12-13-24-15-10-8-14(23-2)9-11-15/h4-11,16H,3,12-13,20H2,1-2H3. The van der Waals surface area contributed by atoms with Crippen LogP contribution in [0.3, 0.4) is 0 Å². The molecular weight excluding hydrogens is 302 g/mol. The zero-order valence-electron chi connectivity index (χ0n) is 14.1. The predicted octanol–water partition coefficient (Wildman–Crippen LogP) is 3.53. The number of methoxy groups -OCH3 is 1. The predicted molar refractivity (Wildman–Crippen MR) is 95.4 cm³/mol. The van der Waals surface area contributed by atoms with Gasteiger partial charge in [-0.2, -0.15) is 0 Å². The average molecular weight is 325 g/mol. The highest BCUT2D eigenvalue weighted by Crippen LogP contribution is 2.22. The van der Waals surface area contributed by atoms with E-state index in [1.165, 1.54) is 0 Å². The normalized spacial score (nSPS) is 12.3. The summed E-state index contributed by atoms with van der Waals surface area (Å²) < 4.78 is 13.2. The van der Waals surface area contributed by atoms with E-state index >= 15 is 0 Å². The summed E-state index contributed by atoms with van der Waals surface area (Å²) in [5, 5.41) is 0. The first-order valence-electron chi connectivity index (χ1n) is 8.20. The van der Waals surface area contributed by atoms with Crippen LogP contribution < -0.4 is 15.2 Å². The van der Waals surface area contributed by atoms with Gasteiger partial charge in [0, 0.05) is 0 Å². The van der Waals surface area contributed by atoms with E-state index in [1.54, 1.807) is 7.11 Å². The van der Waals surface area contributed by atoms with Crippen LogP contribution in [0.4, 0.5) is 0 Å². The maximum Gasteiger partial charge on any atom is 0.126 e. The van der Waals surface area contributed by atoms with Gasteiger partial charge in [0.05, 0.1) is 30.7 Å². The molecule has 1 aromatic heterocycles. The molecule has 5 heteroatoms. The number of ether oxygens (including phenoxy) is 2. The summed E-state index contributed by atoms with van der Waals surface area (Å²) in [4.78, 5) is 4.70. The molecule has 3 rings (SSSR count). The smallest absolute Gasteiger partial charge is 0.126 e. The quantitative estimate of drug-likeness (QED) is 0.722. The van der Waals surface area contributed by atoms with Crippen LogP contribution in [0.15, 0.2) is 48.5 Å². The number of nitrogens with two attached hydrogens (primary N) is 1. The van der Waals surface area contributed by atoms with E-state index in [1.807, 2.05) is 42.5 Å². The minimum Gasteiger partial charge on any atom is -0.497 e. The highest BCUT2D eigenvalue weighted by molar-refractivity contribution is 5.76. The summed E-state index contributed by atoms with van der Waals surface area (Å²) in [6, 6.07) is 15.6. The zero-order valence-corrected chi connectivity index (χ0v) is 14.1. The Morgan fingerprint density at radius 2 is 1.79 bits per heavy atom. The van der Waals surface area contributed by atoms with Gasteiger partial charge in [-0.1, -0.05) is 19.1 Å². The van der Waals surface area contributed by atoms with Crippen LogP contribution in [0.2, 0.25) is 0 Å². The summed E-state index contributed by atoms with van der Waals surface area (Å²) in [6.07, 6.45) is 0.850. The molecule has 0 saturated heterocycles. The van der Waals surface area contributed by atoms with E-state index < -0.39 is 0 Å². The monoisotopic (exact) mass is 325 g/mol. The number of hydrogen-bond acceptors (Lipinski definition) is 4. The first-order chi connectivity index (χ1) is 11.7. The molecule has 1 heterocycles. The van der Waals surface area contributed by atoms with E-state index in [9.17, 15) is 0 Å². The van der Waals surface area contributed by atoms with E-state index in [0.717, 1.165) is 34.8 Å². The first-order valence-corrected chi connectivity index (χ1v) is 8.20. The van der Waals surface area contributed by atoms with Crippen molar-refractivity contribution < 1.29 is 9.47 Å². The third kappa shape index (κ3) is 3.36. The fourth-order valence-corrected chi connectivity index (χ4v) is 2.72. The molecule has 0 amide bonds. The highest BCUT2D eigenvalue weighted by Gasteiger charge is 2.15. The maximum atomic E-state index is 6.24. The van der Waals surface area contributed by atoms with Gasteiger partial charge in [-0.05, 0) is 42.8 Å². The molecule has 0 aliphatic carbocycles. The summed E-state index contributed by atoms with van der Waals surface area (Å²) in [7, 11) is 1.65.